The molecule has 4 aliphatic carbocycles. The molecule has 2 fully saturated rings. The first-order valence-electron chi connectivity index (χ1n) is 13.1. The van der Waals surface area contributed by atoms with Crippen molar-refractivity contribution in [3.8, 4) is 0 Å². The van der Waals surface area contributed by atoms with Crippen LogP contribution < -0.4 is 0 Å². The number of pyridine rings is 1. The molecular weight excluding hydrogens is 442 g/mol. The van der Waals surface area contributed by atoms with Crippen LogP contribution in [0.15, 0.2) is 42.3 Å². The maximum absolute atomic E-state index is 12.2. The van der Waals surface area contributed by atoms with Gasteiger partial charge in [-0.3, -0.25) is 9.78 Å². The summed E-state index contributed by atoms with van der Waals surface area (Å²) in [5, 5.41) is 8.87. The van der Waals surface area contributed by atoms with Crippen LogP contribution in [0.2, 0.25) is 0 Å². The molecular formula is C29H37NO5. The van der Waals surface area contributed by atoms with E-state index in [1.807, 2.05) is 18.5 Å². The molecule has 7 atom stereocenters. The van der Waals surface area contributed by atoms with E-state index in [0.29, 0.717) is 17.8 Å². The topological polar surface area (TPSA) is 85.7 Å². The number of allylic oxidation sites excluding steroid dienone is 3. The molecule has 2 saturated carbocycles. The summed E-state index contributed by atoms with van der Waals surface area (Å²) < 4.78 is 10.8. The first kappa shape index (κ1) is 24.1. The Balaban J connectivity index is 1.27. The van der Waals surface area contributed by atoms with Crippen LogP contribution in [0.25, 0.3) is 5.57 Å². The lowest BCUT2D eigenvalue weighted by molar-refractivity contribution is -0.139. The van der Waals surface area contributed by atoms with Crippen LogP contribution in [0.1, 0.15) is 77.7 Å². The van der Waals surface area contributed by atoms with Gasteiger partial charge in [-0.15, -0.1) is 0 Å². The predicted octanol–water partition coefficient (Wildman–Crippen LogP) is 6.42. The first-order chi connectivity index (χ1) is 16.7. The fourth-order valence-corrected chi connectivity index (χ4v) is 7.88. The zero-order valence-electron chi connectivity index (χ0n) is 21.0. The average Bonchev–Trinajstić information content (AvgIpc) is 3.16. The minimum absolute atomic E-state index is 0.154. The molecule has 1 heterocycles. The highest BCUT2D eigenvalue weighted by Gasteiger charge is 2.57. The van der Waals surface area contributed by atoms with E-state index >= 15 is 0 Å². The van der Waals surface area contributed by atoms with Gasteiger partial charge in [-0.1, -0.05) is 37.6 Å². The SMILES string of the molecule is CC(CC(=O)O)OC(=O)O[C@H]1CC[C@@]2(C)C(=CC[C@@H]3[C@@H]2CC[C@]2(C)C(c4cccnc4)=CC[C@@H]32)C1. The van der Waals surface area contributed by atoms with Gasteiger partial charge in [0.25, 0.3) is 0 Å². The van der Waals surface area contributed by atoms with Gasteiger partial charge in [0.2, 0.25) is 0 Å². The zero-order chi connectivity index (χ0) is 24.8. The van der Waals surface area contributed by atoms with E-state index in [1.165, 1.54) is 29.6 Å². The first-order valence-corrected chi connectivity index (χ1v) is 13.1. The minimum atomic E-state index is -0.991. The summed E-state index contributed by atoms with van der Waals surface area (Å²) in [6.45, 7) is 6.49. The van der Waals surface area contributed by atoms with E-state index in [-0.39, 0.29) is 23.4 Å². The highest BCUT2D eigenvalue weighted by Crippen LogP contribution is 2.66. The Hall–Kier alpha value is -2.63. The number of carbonyl (C=O) groups is 2. The van der Waals surface area contributed by atoms with E-state index in [1.54, 1.807) is 6.92 Å². The smallest absolute Gasteiger partial charge is 0.481 e. The van der Waals surface area contributed by atoms with E-state index in [9.17, 15) is 9.59 Å². The minimum Gasteiger partial charge on any atom is -0.481 e. The molecule has 4 aliphatic rings. The van der Waals surface area contributed by atoms with Gasteiger partial charge >= 0.3 is 12.1 Å². The molecule has 0 bridgehead atoms. The quantitative estimate of drug-likeness (QED) is 0.387. The van der Waals surface area contributed by atoms with Crippen LogP contribution in [0, 0.1) is 28.6 Å². The Morgan fingerprint density at radius 2 is 1.94 bits per heavy atom. The highest BCUT2D eigenvalue weighted by molar-refractivity contribution is 5.72. The lowest BCUT2D eigenvalue weighted by Gasteiger charge is -2.57. The van der Waals surface area contributed by atoms with Crippen molar-refractivity contribution in [2.45, 2.75) is 84.3 Å². The van der Waals surface area contributed by atoms with Crippen molar-refractivity contribution < 1.29 is 24.2 Å². The summed E-state index contributed by atoms with van der Waals surface area (Å²) in [4.78, 5) is 27.4. The van der Waals surface area contributed by atoms with Crippen molar-refractivity contribution in [3.63, 3.8) is 0 Å². The summed E-state index contributed by atoms with van der Waals surface area (Å²) in [6, 6.07) is 4.24. The number of carbonyl (C=O) groups excluding carboxylic acids is 1. The third-order valence-corrected chi connectivity index (χ3v) is 9.63. The Morgan fingerprint density at radius 3 is 2.69 bits per heavy atom. The molecule has 1 unspecified atom stereocenters. The Kier molecular flexibility index (Phi) is 6.27. The molecule has 1 aromatic rings. The van der Waals surface area contributed by atoms with Gasteiger partial charge in [-0.2, -0.15) is 0 Å². The second kappa shape index (κ2) is 9.11. The molecule has 6 nitrogen and oxygen atoms in total. The number of fused-ring (bicyclic) bond motifs is 5. The Labute approximate surface area is 207 Å². The summed E-state index contributed by atoms with van der Waals surface area (Å²) in [7, 11) is 0. The third-order valence-electron chi connectivity index (χ3n) is 9.63. The third kappa shape index (κ3) is 4.30. The summed E-state index contributed by atoms with van der Waals surface area (Å²) >= 11 is 0. The number of hydrogen-bond donors (Lipinski definition) is 1. The molecule has 188 valence electrons. The Bertz CT molecular complexity index is 1050. The molecule has 0 amide bonds. The van der Waals surface area contributed by atoms with Crippen molar-refractivity contribution in [3.05, 3.63) is 47.8 Å². The van der Waals surface area contributed by atoms with Crippen LogP contribution in [0.5, 0.6) is 0 Å². The fraction of sp³-hybridized carbons (Fsp3) is 0.621. The van der Waals surface area contributed by atoms with Crippen molar-refractivity contribution in [2.24, 2.45) is 28.6 Å². The van der Waals surface area contributed by atoms with Crippen LogP contribution in [0.4, 0.5) is 4.79 Å². The van der Waals surface area contributed by atoms with Gasteiger partial charge in [-0.25, -0.2) is 4.79 Å². The number of carboxylic acid groups (broad SMARTS) is 1. The molecule has 1 aromatic heterocycles. The lowest BCUT2D eigenvalue weighted by Crippen LogP contribution is -2.50. The summed E-state index contributed by atoms with van der Waals surface area (Å²) in [6.07, 6.45) is 14.2. The normalized spacial score (nSPS) is 36.5. The fourth-order valence-electron chi connectivity index (χ4n) is 7.88. The number of ether oxygens (including phenoxy) is 2. The van der Waals surface area contributed by atoms with Crippen molar-refractivity contribution in [1.29, 1.82) is 0 Å². The van der Waals surface area contributed by atoms with Crippen LogP contribution in [-0.2, 0) is 14.3 Å². The van der Waals surface area contributed by atoms with E-state index < -0.39 is 18.2 Å². The number of rotatable bonds is 5. The van der Waals surface area contributed by atoms with Gasteiger partial charge < -0.3 is 14.6 Å². The molecule has 5 rings (SSSR count). The second-order valence-electron chi connectivity index (χ2n) is 11.6. The number of aliphatic carboxylic acids is 1. The second-order valence-corrected chi connectivity index (χ2v) is 11.6. The zero-order valence-corrected chi connectivity index (χ0v) is 21.0. The molecule has 0 spiro atoms. The lowest BCUT2D eigenvalue weighted by atomic mass is 9.47. The molecule has 0 saturated heterocycles. The molecule has 0 aliphatic heterocycles. The molecule has 0 radical (unpaired) electrons. The molecule has 1 N–H and O–H groups in total. The molecule has 0 aromatic carbocycles. The standard InChI is InChI=1S/C29H37NO5/c1-18(15-26(31)32)34-27(33)35-21-10-12-28(2)20(16-21)6-7-22-24-9-8-23(19-5-4-14-30-17-19)29(24,3)13-11-25(22)28/h4-6,8,14,17-18,21-22,24-25H,7,9-13,15-16H2,1-3H3,(H,31,32)/t18?,21-,22-,24-,25-,28-,29+/m0/s1. The maximum Gasteiger partial charge on any atom is 0.508 e. The van der Waals surface area contributed by atoms with Gasteiger partial charge in [-0.05, 0) is 91.2 Å². The van der Waals surface area contributed by atoms with E-state index in [0.717, 1.165) is 32.1 Å². The summed E-state index contributed by atoms with van der Waals surface area (Å²) in [5.41, 5.74) is 4.56. The Morgan fingerprint density at radius 1 is 1.14 bits per heavy atom. The van der Waals surface area contributed by atoms with E-state index in [2.05, 4.69) is 37.0 Å². The largest absolute Gasteiger partial charge is 0.508 e. The van der Waals surface area contributed by atoms with Crippen LogP contribution >= 0.6 is 0 Å². The maximum atomic E-state index is 12.2. The predicted molar refractivity (Wildman–Crippen MR) is 132 cm³/mol. The van der Waals surface area contributed by atoms with Crippen molar-refractivity contribution in [1.82, 2.24) is 4.98 Å². The van der Waals surface area contributed by atoms with Crippen LogP contribution in [-0.4, -0.2) is 34.4 Å². The number of aromatic nitrogens is 1. The van der Waals surface area contributed by atoms with Gasteiger partial charge in [0, 0.05) is 18.8 Å². The monoisotopic (exact) mass is 479 g/mol. The average molecular weight is 480 g/mol. The van der Waals surface area contributed by atoms with Gasteiger partial charge in [0.05, 0.1) is 6.42 Å². The van der Waals surface area contributed by atoms with Crippen molar-refractivity contribution in [2.75, 3.05) is 0 Å². The van der Waals surface area contributed by atoms with Crippen LogP contribution in [0.3, 0.4) is 0 Å². The van der Waals surface area contributed by atoms with Crippen molar-refractivity contribution >= 4 is 17.7 Å². The summed E-state index contributed by atoms with van der Waals surface area (Å²) in [5.74, 6) is 0.998. The number of hydrogen-bond acceptors (Lipinski definition) is 5. The van der Waals surface area contributed by atoms with Gasteiger partial charge in [0.1, 0.15) is 12.2 Å². The van der Waals surface area contributed by atoms with Gasteiger partial charge in [0.15, 0.2) is 0 Å². The van der Waals surface area contributed by atoms with E-state index in [4.69, 9.17) is 14.6 Å². The highest BCUT2D eigenvalue weighted by atomic mass is 16.7. The molecule has 6 heteroatoms. The molecule has 35 heavy (non-hydrogen) atoms. The number of carboxylic acids is 1. The number of nitrogens with zero attached hydrogens (tertiary/aromatic N) is 1.